The zero-order chi connectivity index (χ0) is 10.6. The van der Waals surface area contributed by atoms with Crippen LogP contribution < -0.4 is 34.7 Å². The number of carbonyl (C=O) groups is 1. The number of carbonyl (C=O) groups excluding carboxylic acids is 1. The van der Waals surface area contributed by atoms with Crippen molar-refractivity contribution in [3.8, 4) is 5.75 Å². The molecular weight excluding hydrogens is 203 g/mol. The molecule has 76 valence electrons. The summed E-state index contributed by atoms with van der Waals surface area (Å²) >= 11 is 0. The first-order valence-electron chi connectivity index (χ1n) is 4.54. The molecule has 0 saturated heterocycles. The molecule has 0 unspecified atom stereocenters. The zero-order valence-electron chi connectivity index (χ0n) is 9.32. The van der Waals surface area contributed by atoms with Crippen LogP contribution in [-0.2, 0) is 4.74 Å². The molecule has 0 radical (unpaired) electrons. The van der Waals surface area contributed by atoms with Gasteiger partial charge in [-0.25, -0.2) is 4.79 Å². The summed E-state index contributed by atoms with van der Waals surface area (Å²) in [5.74, 6) is -0.552. The van der Waals surface area contributed by atoms with Crippen molar-refractivity contribution in [2.24, 2.45) is 5.92 Å². The van der Waals surface area contributed by atoms with Crippen molar-refractivity contribution in [3.05, 3.63) is 29.8 Å². The zero-order valence-corrected chi connectivity index (χ0v) is 11.3. The fourth-order valence-electron chi connectivity index (χ4n) is 0.955. The van der Waals surface area contributed by atoms with Crippen LogP contribution in [0.15, 0.2) is 24.3 Å². The fourth-order valence-corrected chi connectivity index (χ4v) is 0.955. The van der Waals surface area contributed by atoms with E-state index in [1.165, 1.54) is 12.1 Å². The van der Waals surface area contributed by atoms with Gasteiger partial charge < -0.3 is 9.84 Å². The molecule has 0 aliphatic rings. The van der Waals surface area contributed by atoms with Crippen LogP contribution in [0.2, 0.25) is 0 Å². The van der Waals surface area contributed by atoms with Crippen LogP contribution in [0, 0.1) is 5.92 Å². The van der Waals surface area contributed by atoms with Gasteiger partial charge in [0, 0.05) is 0 Å². The Labute approximate surface area is 112 Å². The number of benzene rings is 1. The second-order valence-electron chi connectivity index (χ2n) is 3.49. The SMILES string of the molecule is CC(C)COC(=O)c1ccccc1[O-].[Na+]. The second kappa shape index (κ2) is 6.88. The number of hydrogen-bond donors (Lipinski definition) is 0. The van der Waals surface area contributed by atoms with Crippen molar-refractivity contribution in [3.63, 3.8) is 0 Å². The molecule has 0 bridgehead atoms. The van der Waals surface area contributed by atoms with Gasteiger partial charge in [-0.3, -0.25) is 0 Å². The number of rotatable bonds is 3. The van der Waals surface area contributed by atoms with Gasteiger partial charge in [-0.1, -0.05) is 37.8 Å². The van der Waals surface area contributed by atoms with Crippen LogP contribution in [0.25, 0.3) is 0 Å². The minimum Gasteiger partial charge on any atom is -0.872 e. The Bertz CT molecular complexity index is 323. The van der Waals surface area contributed by atoms with Gasteiger partial charge in [0.25, 0.3) is 0 Å². The Morgan fingerprint density at radius 1 is 1.40 bits per heavy atom. The van der Waals surface area contributed by atoms with Crippen LogP contribution in [0.4, 0.5) is 0 Å². The molecule has 15 heavy (non-hydrogen) atoms. The molecule has 0 heterocycles. The molecule has 0 aliphatic carbocycles. The van der Waals surface area contributed by atoms with Crippen molar-refractivity contribution in [2.45, 2.75) is 13.8 Å². The monoisotopic (exact) mass is 216 g/mol. The molecule has 0 atom stereocenters. The van der Waals surface area contributed by atoms with Crippen molar-refractivity contribution in [1.82, 2.24) is 0 Å². The van der Waals surface area contributed by atoms with Crippen molar-refractivity contribution in [2.75, 3.05) is 6.61 Å². The van der Waals surface area contributed by atoms with Gasteiger partial charge in [-0.15, -0.1) is 0 Å². The maximum absolute atomic E-state index is 11.3. The van der Waals surface area contributed by atoms with Crippen LogP contribution in [0.3, 0.4) is 0 Å². The molecule has 1 aromatic carbocycles. The molecule has 0 saturated carbocycles. The van der Waals surface area contributed by atoms with E-state index >= 15 is 0 Å². The van der Waals surface area contributed by atoms with Crippen molar-refractivity contribution in [1.29, 1.82) is 0 Å². The largest absolute Gasteiger partial charge is 1.00 e. The molecule has 0 aromatic heterocycles. The molecule has 0 fully saturated rings. The minimum atomic E-state index is -0.538. The van der Waals surface area contributed by atoms with E-state index in [9.17, 15) is 9.90 Å². The van der Waals surface area contributed by atoms with E-state index in [0.29, 0.717) is 6.61 Å². The van der Waals surface area contributed by atoms with E-state index in [2.05, 4.69) is 0 Å². The summed E-state index contributed by atoms with van der Waals surface area (Å²) in [6.45, 7) is 4.22. The number of esters is 1. The average molecular weight is 216 g/mol. The topological polar surface area (TPSA) is 49.4 Å². The van der Waals surface area contributed by atoms with Gasteiger partial charge in [0.15, 0.2) is 0 Å². The fraction of sp³-hybridized carbons (Fsp3) is 0.364. The number of para-hydroxylation sites is 1. The first kappa shape index (κ1) is 14.5. The molecule has 0 amide bonds. The summed E-state index contributed by atoms with van der Waals surface area (Å²) in [6, 6.07) is 6.08. The van der Waals surface area contributed by atoms with E-state index in [1.807, 2.05) is 13.8 Å². The molecule has 4 heteroatoms. The van der Waals surface area contributed by atoms with E-state index < -0.39 is 5.97 Å². The van der Waals surface area contributed by atoms with Crippen LogP contribution in [0.1, 0.15) is 24.2 Å². The quantitative estimate of drug-likeness (QED) is 0.460. The summed E-state index contributed by atoms with van der Waals surface area (Å²) in [5, 5.41) is 11.2. The van der Waals surface area contributed by atoms with E-state index in [0.717, 1.165) is 0 Å². The van der Waals surface area contributed by atoms with Crippen LogP contribution in [-0.4, -0.2) is 12.6 Å². The van der Waals surface area contributed by atoms with Gasteiger partial charge in [0.2, 0.25) is 0 Å². The van der Waals surface area contributed by atoms with Gasteiger partial charge in [-0.2, -0.15) is 0 Å². The second-order valence-corrected chi connectivity index (χ2v) is 3.49. The molecular formula is C11H13NaO3. The third-order valence-corrected chi connectivity index (χ3v) is 1.65. The summed E-state index contributed by atoms with van der Waals surface area (Å²) in [5.41, 5.74) is 0.105. The third-order valence-electron chi connectivity index (χ3n) is 1.65. The van der Waals surface area contributed by atoms with Crippen LogP contribution >= 0.6 is 0 Å². The molecule has 1 rings (SSSR count). The molecule has 0 aliphatic heterocycles. The average Bonchev–Trinajstić information content (AvgIpc) is 2.15. The van der Waals surface area contributed by atoms with E-state index in [-0.39, 0.29) is 46.8 Å². The molecule has 0 spiro atoms. The molecule has 1 aromatic rings. The standard InChI is InChI=1S/C11H14O3.Na/c1-8(2)7-14-11(13)9-5-3-4-6-10(9)12;/h3-6,8,12H,7H2,1-2H3;/q;+1/p-1. The summed E-state index contributed by atoms with van der Waals surface area (Å²) in [7, 11) is 0. The van der Waals surface area contributed by atoms with Gasteiger partial charge >= 0.3 is 35.5 Å². The Kier molecular flexibility index (Phi) is 6.65. The summed E-state index contributed by atoms with van der Waals surface area (Å²) in [4.78, 5) is 11.3. The summed E-state index contributed by atoms with van der Waals surface area (Å²) < 4.78 is 4.93. The smallest absolute Gasteiger partial charge is 0.872 e. The Morgan fingerprint density at radius 2 is 2.00 bits per heavy atom. The molecule has 3 nitrogen and oxygen atoms in total. The van der Waals surface area contributed by atoms with Gasteiger partial charge in [0.1, 0.15) is 0 Å². The first-order chi connectivity index (χ1) is 6.61. The Morgan fingerprint density at radius 3 is 2.53 bits per heavy atom. The normalized spacial score (nSPS) is 9.53. The number of ether oxygens (including phenoxy) is 1. The van der Waals surface area contributed by atoms with E-state index in [4.69, 9.17) is 4.74 Å². The Hall–Kier alpha value is -0.510. The predicted molar refractivity (Wildman–Crippen MR) is 51.0 cm³/mol. The third kappa shape index (κ3) is 4.69. The maximum Gasteiger partial charge on any atom is 1.00 e. The first-order valence-corrected chi connectivity index (χ1v) is 4.54. The van der Waals surface area contributed by atoms with Crippen molar-refractivity contribution < 1.29 is 44.2 Å². The molecule has 0 N–H and O–H groups in total. The van der Waals surface area contributed by atoms with E-state index in [1.54, 1.807) is 12.1 Å². The maximum atomic E-state index is 11.3. The van der Waals surface area contributed by atoms with Gasteiger partial charge in [-0.05, 0) is 12.0 Å². The van der Waals surface area contributed by atoms with Crippen molar-refractivity contribution >= 4 is 5.97 Å². The number of hydrogen-bond acceptors (Lipinski definition) is 3. The predicted octanol–water partition coefficient (Wildman–Crippen LogP) is -1.42. The Balaban J connectivity index is 0.00000196. The minimum absolute atomic E-state index is 0. The van der Waals surface area contributed by atoms with Gasteiger partial charge in [0.05, 0.1) is 12.2 Å². The van der Waals surface area contributed by atoms with Crippen LogP contribution in [0.5, 0.6) is 5.75 Å². The summed E-state index contributed by atoms with van der Waals surface area (Å²) in [6.07, 6.45) is 0.